The highest BCUT2D eigenvalue weighted by molar-refractivity contribution is 6.21. The van der Waals surface area contributed by atoms with Gasteiger partial charge in [-0.1, -0.05) is 42.5 Å². The topological polar surface area (TPSA) is 89.7 Å². The molecule has 0 spiro atoms. The van der Waals surface area contributed by atoms with Crippen LogP contribution in [-0.2, 0) is 16.1 Å². The lowest BCUT2D eigenvalue weighted by atomic mass is 10.1. The molecule has 6 heteroatoms. The molecule has 1 heterocycles. The maximum absolute atomic E-state index is 12.2. The van der Waals surface area contributed by atoms with Gasteiger partial charge in [-0.25, -0.2) is 0 Å². The first-order chi connectivity index (χ1) is 12.1. The van der Waals surface area contributed by atoms with Gasteiger partial charge in [0.05, 0.1) is 11.1 Å². The molecule has 0 saturated heterocycles. The minimum Gasteiger partial charge on any atom is -0.460 e. The van der Waals surface area contributed by atoms with Crippen LogP contribution in [0, 0.1) is 0 Å². The van der Waals surface area contributed by atoms with E-state index >= 15 is 0 Å². The molecule has 2 aromatic carbocycles. The number of rotatable bonds is 6. The Bertz CT molecular complexity index is 769. The summed E-state index contributed by atoms with van der Waals surface area (Å²) >= 11 is 0. The molecule has 2 aromatic rings. The molecule has 1 unspecified atom stereocenters. The van der Waals surface area contributed by atoms with E-state index in [1.54, 1.807) is 24.3 Å². The monoisotopic (exact) mass is 338 g/mol. The highest BCUT2D eigenvalue weighted by Crippen LogP contribution is 2.22. The molecule has 1 aliphatic heterocycles. The van der Waals surface area contributed by atoms with E-state index in [-0.39, 0.29) is 31.4 Å². The van der Waals surface area contributed by atoms with Gasteiger partial charge in [0.1, 0.15) is 12.6 Å². The van der Waals surface area contributed by atoms with Crippen molar-refractivity contribution in [2.75, 3.05) is 6.54 Å². The van der Waals surface area contributed by atoms with Crippen LogP contribution in [0.2, 0.25) is 0 Å². The lowest BCUT2D eigenvalue weighted by molar-refractivity contribution is -0.146. The number of carbonyl (C=O) groups excluding carboxylic acids is 3. The van der Waals surface area contributed by atoms with Crippen molar-refractivity contribution in [3.05, 3.63) is 71.3 Å². The first-order valence-corrected chi connectivity index (χ1v) is 7.99. The Balaban J connectivity index is 1.52. The fourth-order valence-electron chi connectivity index (χ4n) is 2.66. The summed E-state index contributed by atoms with van der Waals surface area (Å²) in [4.78, 5) is 37.6. The number of hydrogen-bond acceptors (Lipinski definition) is 5. The second-order valence-corrected chi connectivity index (χ2v) is 5.80. The molecular formula is C19H18N2O4. The number of amides is 2. The zero-order valence-corrected chi connectivity index (χ0v) is 13.6. The number of hydrogen-bond donors (Lipinski definition) is 1. The first kappa shape index (κ1) is 16.9. The summed E-state index contributed by atoms with van der Waals surface area (Å²) in [6.07, 6.45) is 0.152. The molecule has 128 valence electrons. The zero-order valence-electron chi connectivity index (χ0n) is 13.6. The fraction of sp³-hybridized carbons (Fsp3) is 0.211. The fourth-order valence-corrected chi connectivity index (χ4v) is 2.66. The normalized spacial score (nSPS) is 14.4. The number of carbonyl (C=O) groups is 3. The third kappa shape index (κ3) is 3.59. The number of nitrogens with two attached hydrogens (primary N) is 1. The molecule has 2 amide bonds. The van der Waals surface area contributed by atoms with E-state index in [2.05, 4.69) is 0 Å². The van der Waals surface area contributed by atoms with Crippen molar-refractivity contribution in [2.24, 2.45) is 5.73 Å². The van der Waals surface area contributed by atoms with E-state index in [1.165, 1.54) is 0 Å². The Kier molecular flexibility index (Phi) is 4.90. The minimum absolute atomic E-state index is 0.0773. The average Bonchev–Trinajstić information content (AvgIpc) is 2.89. The van der Waals surface area contributed by atoms with Crippen LogP contribution in [-0.4, -0.2) is 35.3 Å². The molecule has 0 fully saturated rings. The van der Waals surface area contributed by atoms with Gasteiger partial charge in [-0.15, -0.1) is 0 Å². The van der Waals surface area contributed by atoms with Crippen molar-refractivity contribution in [1.29, 1.82) is 0 Å². The summed E-state index contributed by atoms with van der Waals surface area (Å²) in [5.74, 6) is -1.27. The summed E-state index contributed by atoms with van der Waals surface area (Å²) in [5, 5.41) is 0. The quantitative estimate of drug-likeness (QED) is 0.640. The maximum Gasteiger partial charge on any atom is 0.323 e. The summed E-state index contributed by atoms with van der Waals surface area (Å²) in [5.41, 5.74) is 7.46. The van der Waals surface area contributed by atoms with Crippen LogP contribution in [0.4, 0.5) is 0 Å². The Morgan fingerprint density at radius 3 is 2.12 bits per heavy atom. The van der Waals surface area contributed by atoms with Gasteiger partial charge < -0.3 is 10.5 Å². The van der Waals surface area contributed by atoms with Crippen LogP contribution in [0.1, 0.15) is 32.7 Å². The molecule has 0 radical (unpaired) electrons. The molecule has 0 aromatic heterocycles. The average molecular weight is 338 g/mol. The Morgan fingerprint density at radius 2 is 1.52 bits per heavy atom. The molecule has 3 rings (SSSR count). The van der Waals surface area contributed by atoms with Crippen molar-refractivity contribution in [3.8, 4) is 0 Å². The number of imide groups is 1. The second kappa shape index (κ2) is 7.27. The highest BCUT2D eigenvalue weighted by atomic mass is 16.5. The molecule has 1 aliphatic rings. The second-order valence-electron chi connectivity index (χ2n) is 5.80. The third-order valence-electron chi connectivity index (χ3n) is 4.07. The maximum atomic E-state index is 12.2. The third-order valence-corrected chi connectivity index (χ3v) is 4.07. The van der Waals surface area contributed by atoms with E-state index < -0.39 is 12.0 Å². The molecule has 0 aliphatic carbocycles. The highest BCUT2D eigenvalue weighted by Gasteiger charge is 2.35. The number of benzene rings is 2. The van der Waals surface area contributed by atoms with E-state index in [0.29, 0.717) is 11.1 Å². The Hall–Kier alpha value is -2.99. The molecule has 25 heavy (non-hydrogen) atoms. The Labute approximate surface area is 145 Å². The van der Waals surface area contributed by atoms with Gasteiger partial charge in [0.2, 0.25) is 0 Å². The van der Waals surface area contributed by atoms with E-state index in [0.717, 1.165) is 10.5 Å². The molecule has 6 nitrogen and oxygen atoms in total. The van der Waals surface area contributed by atoms with Crippen LogP contribution < -0.4 is 5.73 Å². The van der Waals surface area contributed by atoms with Crippen molar-refractivity contribution < 1.29 is 19.1 Å². The minimum atomic E-state index is -0.895. The predicted molar refractivity (Wildman–Crippen MR) is 90.6 cm³/mol. The molecule has 0 bridgehead atoms. The standard InChI is InChI=1S/C19H18N2O4/c20-16(19(24)25-12-13-6-2-1-3-7-13)10-11-21-17(22)14-8-4-5-9-15(14)18(21)23/h1-9,16H,10-12,20H2. The van der Waals surface area contributed by atoms with Gasteiger partial charge in [0.15, 0.2) is 0 Å². The number of nitrogens with zero attached hydrogens (tertiary/aromatic N) is 1. The molecular weight excluding hydrogens is 320 g/mol. The summed E-state index contributed by atoms with van der Waals surface area (Å²) < 4.78 is 5.17. The lowest BCUT2D eigenvalue weighted by Gasteiger charge is -2.16. The SMILES string of the molecule is NC(CCN1C(=O)c2ccccc2C1=O)C(=O)OCc1ccccc1. The summed E-state index contributed by atoms with van der Waals surface area (Å²) in [6, 6.07) is 15.0. The van der Waals surface area contributed by atoms with Crippen molar-refractivity contribution in [2.45, 2.75) is 19.1 Å². The predicted octanol–water partition coefficient (Wildman–Crippen LogP) is 1.74. The van der Waals surface area contributed by atoms with Crippen molar-refractivity contribution in [3.63, 3.8) is 0 Å². The van der Waals surface area contributed by atoms with Gasteiger partial charge in [-0.05, 0) is 24.1 Å². The molecule has 1 atom stereocenters. The number of esters is 1. The number of ether oxygens (including phenoxy) is 1. The molecule has 2 N–H and O–H groups in total. The largest absolute Gasteiger partial charge is 0.460 e. The van der Waals surface area contributed by atoms with Crippen LogP contribution >= 0.6 is 0 Å². The summed E-state index contributed by atoms with van der Waals surface area (Å²) in [6.45, 7) is 0.217. The number of fused-ring (bicyclic) bond motifs is 1. The van der Waals surface area contributed by atoms with Gasteiger partial charge >= 0.3 is 5.97 Å². The molecule has 0 saturated carbocycles. The van der Waals surface area contributed by atoms with Crippen LogP contribution in [0.5, 0.6) is 0 Å². The first-order valence-electron chi connectivity index (χ1n) is 7.99. The van der Waals surface area contributed by atoms with E-state index in [4.69, 9.17) is 10.5 Å². The van der Waals surface area contributed by atoms with Crippen LogP contribution in [0.3, 0.4) is 0 Å². The van der Waals surface area contributed by atoms with Gasteiger partial charge in [0, 0.05) is 6.54 Å². The van der Waals surface area contributed by atoms with Gasteiger partial charge in [-0.2, -0.15) is 0 Å². The van der Waals surface area contributed by atoms with Crippen molar-refractivity contribution in [1.82, 2.24) is 4.90 Å². The van der Waals surface area contributed by atoms with E-state index in [9.17, 15) is 14.4 Å². The summed E-state index contributed by atoms with van der Waals surface area (Å²) in [7, 11) is 0. The van der Waals surface area contributed by atoms with E-state index in [1.807, 2.05) is 30.3 Å². The zero-order chi connectivity index (χ0) is 17.8. The van der Waals surface area contributed by atoms with Crippen molar-refractivity contribution >= 4 is 17.8 Å². The van der Waals surface area contributed by atoms with Crippen LogP contribution in [0.25, 0.3) is 0 Å². The van der Waals surface area contributed by atoms with Gasteiger partial charge in [-0.3, -0.25) is 19.3 Å². The van der Waals surface area contributed by atoms with Crippen LogP contribution in [0.15, 0.2) is 54.6 Å². The lowest BCUT2D eigenvalue weighted by Crippen LogP contribution is -2.38. The Morgan fingerprint density at radius 1 is 0.960 bits per heavy atom. The smallest absolute Gasteiger partial charge is 0.323 e. The van der Waals surface area contributed by atoms with Gasteiger partial charge in [0.25, 0.3) is 11.8 Å².